The van der Waals surface area contributed by atoms with Gasteiger partial charge in [-0.15, -0.1) is 0 Å². The van der Waals surface area contributed by atoms with Gasteiger partial charge in [-0.05, 0) is 30.9 Å². The molecule has 0 saturated carbocycles. The number of nitrogens with zero attached hydrogens (tertiary/aromatic N) is 1. The Balaban J connectivity index is 2.01. The fraction of sp³-hybridized carbons (Fsp3) is 0.529. The first-order valence-electron chi connectivity index (χ1n) is 7.72. The first-order valence-corrected chi connectivity index (χ1v) is 7.72. The number of imide groups is 1. The van der Waals surface area contributed by atoms with Crippen LogP contribution >= 0.6 is 0 Å². The van der Waals surface area contributed by atoms with E-state index in [-0.39, 0.29) is 30.3 Å². The molecule has 1 atom stereocenters. The molecule has 1 aromatic rings. The highest BCUT2D eigenvalue weighted by Crippen LogP contribution is 2.20. The Hall–Kier alpha value is -1.68. The summed E-state index contributed by atoms with van der Waals surface area (Å²) in [5.74, 6) is -0.113. The molecule has 1 aliphatic rings. The lowest BCUT2D eigenvalue weighted by atomic mass is 10.1. The first-order chi connectivity index (χ1) is 10.1. The maximum absolute atomic E-state index is 12.4. The minimum Gasteiger partial charge on any atom is -0.301 e. The van der Waals surface area contributed by atoms with Gasteiger partial charge in [0.15, 0.2) is 0 Å². The van der Waals surface area contributed by atoms with Crippen molar-refractivity contribution >= 4 is 11.8 Å². The Morgan fingerprint density at radius 3 is 2.52 bits per heavy atom. The third kappa shape index (κ3) is 3.32. The third-order valence-corrected chi connectivity index (χ3v) is 4.29. The summed E-state index contributed by atoms with van der Waals surface area (Å²) in [5, 5.41) is 3.24. The van der Waals surface area contributed by atoms with Gasteiger partial charge in [-0.3, -0.25) is 14.5 Å². The Kier molecular flexibility index (Phi) is 5.12. The van der Waals surface area contributed by atoms with E-state index in [1.165, 1.54) is 16.0 Å². The third-order valence-electron chi connectivity index (χ3n) is 4.29. The van der Waals surface area contributed by atoms with Crippen LogP contribution in [0.3, 0.4) is 0 Å². The number of likely N-dealkylation sites (tertiary alicyclic amines) is 1. The zero-order valence-electron chi connectivity index (χ0n) is 13.1. The van der Waals surface area contributed by atoms with Gasteiger partial charge in [0.2, 0.25) is 11.8 Å². The Bertz CT molecular complexity index is 523. The maximum atomic E-state index is 12.4. The number of benzene rings is 1. The van der Waals surface area contributed by atoms with Crippen molar-refractivity contribution < 1.29 is 9.59 Å². The molecule has 0 radical (unpaired) electrons. The number of nitrogens with one attached hydrogen (secondary N) is 1. The topological polar surface area (TPSA) is 49.4 Å². The highest BCUT2D eigenvalue weighted by Gasteiger charge is 2.40. The monoisotopic (exact) mass is 288 g/mol. The largest absolute Gasteiger partial charge is 0.301 e. The van der Waals surface area contributed by atoms with Crippen LogP contribution in [0.2, 0.25) is 0 Å². The van der Waals surface area contributed by atoms with Crippen molar-refractivity contribution in [2.24, 2.45) is 0 Å². The quantitative estimate of drug-likeness (QED) is 0.818. The van der Waals surface area contributed by atoms with Crippen molar-refractivity contribution in [3.05, 3.63) is 35.4 Å². The fourth-order valence-corrected chi connectivity index (χ4v) is 2.89. The van der Waals surface area contributed by atoms with E-state index in [1.807, 2.05) is 32.0 Å². The van der Waals surface area contributed by atoms with Crippen molar-refractivity contribution in [2.45, 2.75) is 58.7 Å². The van der Waals surface area contributed by atoms with Crippen LogP contribution in [0, 0.1) is 6.92 Å². The summed E-state index contributed by atoms with van der Waals surface area (Å²) >= 11 is 0. The molecule has 1 unspecified atom stereocenters. The van der Waals surface area contributed by atoms with Crippen LogP contribution in [0.25, 0.3) is 0 Å². The predicted molar refractivity (Wildman–Crippen MR) is 82.6 cm³/mol. The molecule has 4 nitrogen and oxygen atoms in total. The second-order valence-corrected chi connectivity index (χ2v) is 5.64. The lowest BCUT2D eigenvalue weighted by Gasteiger charge is -2.24. The van der Waals surface area contributed by atoms with Crippen molar-refractivity contribution in [3.63, 3.8) is 0 Å². The van der Waals surface area contributed by atoms with Gasteiger partial charge < -0.3 is 5.32 Å². The molecule has 2 rings (SSSR count). The normalized spacial score (nSPS) is 18.9. The van der Waals surface area contributed by atoms with Crippen LogP contribution in [0.1, 0.15) is 44.2 Å². The average molecular weight is 288 g/mol. The van der Waals surface area contributed by atoms with Gasteiger partial charge in [-0.1, -0.05) is 38.1 Å². The lowest BCUT2D eigenvalue weighted by Crippen LogP contribution is -2.43. The molecule has 1 aromatic carbocycles. The zero-order valence-corrected chi connectivity index (χ0v) is 13.1. The molecule has 0 aromatic heterocycles. The van der Waals surface area contributed by atoms with Gasteiger partial charge in [-0.2, -0.15) is 0 Å². The zero-order chi connectivity index (χ0) is 15.4. The number of hydrogen-bond donors (Lipinski definition) is 1. The van der Waals surface area contributed by atoms with Crippen molar-refractivity contribution in [1.82, 2.24) is 10.2 Å². The average Bonchev–Trinajstić information content (AvgIpc) is 2.76. The number of rotatable bonds is 6. The van der Waals surface area contributed by atoms with E-state index in [9.17, 15) is 9.59 Å². The summed E-state index contributed by atoms with van der Waals surface area (Å²) in [4.78, 5) is 26.0. The molecular weight excluding hydrogens is 264 g/mol. The predicted octanol–water partition coefficient (Wildman–Crippen LogP) is 2.40. The highest BCUT2D eigenvalue weighted by molar-refractivity contribution is 6.05. The summed E-state index contributed by atoms with van der Waals surface area (Å²) in [6, 6.07) is 7.74. The van der Waals surface area contributed by atoms with E-state index in [0.29, 0.717) is 6.54 Å². The minimum absolute atomic E-state index is 0.0373. The van der Waals surface area contributed by atoms with Crippen LogP contribution in [-0.4, -0.2) is 28.8 Å². The summed E-state index contributed by atoms with van der Waals surface area (Å²) in [5.41, 5.74) is 2.36. The van der Waals surface area contributed by atoms with Gasteiger partial charge in [-0.25, -0.2) is 0 Å². The van der Waals surface area contributed by atoms with Crippen LogP contribution in [0.4, 0.5) is 0 Å². The van der Waals surface area contributed by atoms with E-state index < -0.39 is 0 Å². The molecule has 1 saturated heterocycles. The molecule has 0 spiro atoms. The summed E-state index contributed by atoms with van der Waals surface area (Å²) in [6.45, 7) is 6.70. The molecule has 0 bridgehead atoms. The molecule has 2 amide bonds. The van der Waals surface area contributed by atoms with Crippen molar-refractivity contribution in [2.75, 3.05) is 0 Å². The van der Waals surface area contributed by atoms with E-state index >= 15 is 0 Å². The van der Waals surface area contributed by atoms with E-state index in [4.69, 9.17) is 0 Å². The van der Waals surface area contributed by atoms with Gasteiger partial charge in [0.25, 0.3) is 0 Å². The van der Waals surface area contributed by atoms with Crippen LogP contribution in [0.5, 0.6) is 0 Å². The summed E-state index contributed by atoms with van der Waals surface area (Å²) in [6.07, 6.45) is 1.91. The molecule has 1 heterocycles. The number of aryl methyl sites for hydroxylation is 1. The van der Waals surface area contributed by atoms with E-state index in [1.54, 1.807) is 0 Å². The fourth-order valence-electron chi connectivity index (χ4n) is 2.89. The number of hydrogen-bond acceptors (Lipinski definition) is 3. The smallest absolute Gasteiger partial charge is 0.247 e. The highest BCUT2D eigenvalue weighted by atomic mass is 16.2. The number of amides is 2. The minimum atomic E-state index is -0.377. The van der Waals surface area contributed by atoms with Gasteiger partial charge in [0.1, 0.15) is 0 Å². The van der Waals surface area contributed by atoms with Crippen LogP contribution in [-0.2, 0) is 16.1 Å². The molecule has 114 valence electrons. The molecule has 4 heteroatoms. The van der Waals surface area contributed by atoms with E-state index in [2.05, 4.69) is 18.3 Å². The first kappa shape index (κ1) is 15.7. The Morgan fingerprint density at radius 1 is 1.24 bits per heavy atom. The molecular formula is C17H24N2O2. The van der Waals surface area contributed by atoms with E-state index in [0.717, 1.165) is 12.8 Å². The van der Waals surface area contributed by atoms with Crippen molar-refractivity contribution in [1.29, 1.82) is 0 Å². The van der Waals surface area contributed by atoms with Gasteiger partial charge in [0.05, 0.1) is 12.5 Å². The second-order valence-electron chi connectivity index (χ2n) is 5.64. The lowest BCUT2D eigenvalue weighted by molar-refractivity contribution is -0.141. The van der Waals surface area contributed by atoms with Crippen LogP contribution < -0.4 is 5.32 Å². The van der Waals surface area contributed by atoms with Gasteiger partial charge in [0, 0.05) is 12.6 Å². The molecule has 21 heavy (non-hydrogen) atoms. The SMILES string of the molecule is CCC(CC)N1C(=O)CC(NCc2ccccc2C)C1=O. The Labute approximate surface area is 126 Å². The maximum Gasteiger partial charge on any atom is 0.247 e. The van der Waals surface area contributed by atoms with Crippen molar-refractivity contribution in [3.8, 4) is 0 Å². The Morgan fingerprint density at radius 2 is 1.90 bits per heavy atom. The van der Waals surface area contributed by atoms with Gasteiger partial charge >= 0.3 is 0 Å². The summed E-state index contributed by atoms with van der Waals surface area (Å²) in [7, 11) is 0. The standard InChI is InChI=1S/C17H24N2O2/c1-4-14(5-2)19-16(20)10-15(17(19)21)18-11-13-9-7-6-8-12(13)3/h6-9,14-15,18H,4-5,10-11H2,1-3H3. The number of carbonyl (C=O) groups excluding carboxylic acids is 2. The number of carbonyl (C=O) groups is 2. The molecule has 0 aliphatic carbocycles. The molecule has 1 N–H and O–H groups in total. The summed E-state index contributed by atoms with van der Waals surface area (Å²) < 4.78 is 0. The molecule has 1 fully saturated rings. The van der Waals surface area contributed by atoms with Crippen LogP contribution in [0.15, 0.2) is 24.3 Å². The molecule has 1 aliphatic heterocycles. The second kappa shape index (κ2) is 6.85.